The molecule has 0 radical (unpaired) electrons. The Morgan fingerprint density at radius 1 is 1.24 bits per heavy atom. The Hall–Kier alpha value is -1.91. The Morgan fingerprint density at radius 2 is 1.95 bits per heavy atom. The molecule has 2 rings (SSSR count). The number of rotatable bonds is 5. The van der Waals surface area contributed by atoms with Gasteiger partial charge in [0.05, 0.1) is 5.92 Å². The molecule has 21 heavy (non-hydrogen) atoms. The fraction of sp³-hybridized carbons (Fsp3) is 0.500. The second-order valence-corrected chi connectivity index (χ2v) is 5.53. The number of carbonyl (C=O) groups is 2. The zero-order chi connectivity index (χ0) is 15.2. The Bertz CT molecular complexity index is 518. The molecule has 0 bridgehead atoms. The number of hydrogen-bond acceptors (Lipinski definition) is 2. The van der Waals surface area contributed by atoms with Gasteiger partial charge in [-0.05, 0) is 37.3 Å². The standard InChI is InChI=1S/C16H20FNO3/c17-14-7-2-1-4-11(14)8-9-18-15(19)12-5-3-6-13(10-12)16(20)21/h1-2,4,7,12-13H,3,5-6,8-10H2,(H,18,19)(H,20,21)/t12-,13+/m0/s1. The van der Waals surface area contributed by atoms with Gasteiger partial charge in [-0.15, -0.1) is 0 Å². The highest BCUT2D eigenvalue weighted by molar-refractivity contribution is 5.80. The maximum absolute atomic E-state index is 13.4. The summed E-state index contributed by atoms with van der Waals surface area (Å²) >= 11 is 0. The Kier molecular flexibility index (Phi) is 5.31. The van der Waals surface area contributed by atoms with Crippen molar-refractivity contribution >= 4 is 11.9 Å². The summed E-state index contributed by atoms with van der Waals surface area (Å²) in [5.74, 6) is -1.85. The first-order valence-corrected chi connectivity index (χ1v) is 7.32. The molecule has 114 valence electrons. The van der Waals surface area contributed by atoms with Crippen molar-refractivity contribution in [3.05, 3.63) is 35.6 Å². The van der Waals surface area contributed by atoms with Crippen LogP contribution in [-0.2, 0) is 16.0 Å². The molecule has 2 N–H and O–H groups in total. The van der Waals surface area contributed by atoms with E-state index in [2.05, 4.69) is 5.32 Å². The zero-order valence-electron chi connectivity index (χ0n) is 11.8. The van der Waals surface area contributed by atoms with Gasteiger partial charge < -0.3 is 10.4 Å². The zero-order valence-corrected chi connectivity index (χ0v) is 11.8. The fourth-order valence-electron chi connectivity index (χ4n) is 2.82. The highest BCUT2D eigenvalue weighted by Crippen LogP contribution is 2.29. The summed E-state index contributed by atoms with van der Waals surface area (Å²) < 4.78 is 13.4. The highest BCUT2D eigenvalue weighted by atomic mass is 19.1. The average molecular weight is 293 g/mol. The quantitative estimate of drug-likeness (QED) is 0.876. The van der Waals surface area contributed by atoms with Crippen molar-refractivity contribution in [2.75, 3.05) is 6.54 Å². The van der Waals surface area contributed by atoms with Crippen LogP contribution in [-0.4, -0.2) is 23.5 Å². The molecule has 0 unspecified atom stereocenters. The lowest BCUT2D eigenvalue weighted by atomic mass is 9.81. The smallest absolute Gasteiger partial charge is 0.306 e. The highest BCUT2D eigenvalue weighted by Gasteiger charge is 2.30. The maximum Gasteiger partial charge on any atom is 0.306 e. The second-order valence-electron chi connectivity index (χ2n) is 5.53. The third-order valence-electron chi connectivity index (χ3n) is 4.05. The van der Waals surface area contributed by atoms with Gasteiger partial charge in [-0.25, -0.2) is 4.39 Å². The van der Waals surface area contributed by atoms with Gasteiger partial charge >= 0.3 is 5.97 Å². The summed E-state index contributed by atoms with van der Waals surface area (Å²) in [4.78, 5) is 23.0. The Labute approximate surface area is 123 Å². The molecule has 1 fully saturated rings. The van der Waals surface area contributed by atoms with E-state index in [1.807, 2.05) is 0 Å². The van der Waals surface area contributed by atoms with Crippen LogP contribution < -0.4 is 5.32 Å². The first kappa shape index (κ1) is 15.5. The molecule has 1 aromatic carbocycles. The van der Waals surface area contributed by atoms with Crippen LogP contribution in [0.5, 0.6) is 0 Å². The number of nitrogens with one attached hydrogen (secondary N) is 1. The van der Waals surface area contributed by atoms with Crippen molar-refractivity contribution in [2.45, 2.75) is 32.1 Å². The minimum absolute atomic E-state index is 0.114. The molecule has 1 saturated carbocycles. The van der Waals surface area contributed by atoms with Gasteiger partial charge in [0.25, 0.3) is 0 Å². The van der Waals surface area contributed by atoms with E-state index in [-0.39, 0.29) is 17.6 Å². The predicted molar refractivity (Wildman–Crippen MR) is 76.2 cm³/mol. The summed E-state index contributed by atoms with van der Waals surface area (Å²) in [6.07, 6.45) is 2.99. The van der Waals surface area contributed by atoms with E-state index in [0.29, 0.717) is 31.4 Å². The number of aliphatic carboxylic acids is 1. The monoisotopic (exact) mass is 293 g/mol. The van der Waals surface area contributed by atoms with Crippen LogP contribution in [0.2, 0.25) is 0 Å². The number of benzene rings is 1. The lowest BCUT2D eigenvalue weighted by Gasteiger charge is -2.25. The predicted octanol–water partition coefficient (Wildman–Crippen LogP) is 2.38. The number of hydrogen-bond donors (Lipinski definition) is 2. The number of halogens is 1. The fourth-order valence-corrected chi connectivity index (χ4v) is 2.82. The summed E-state index contributed by atoms with van der Waals surface area (Å²) in [6, 6.07) is 6.49. The summed E-state index contributed by atoms with van der Waals surface area (Å²) in [7, 11) is 0. The van der Waals surface area contributed by atoms with Crippen LogP contribution in [0.4, 0.5) is 4.39 Å². The van der Waals surface area contributed by atoms with Gasteiger partial charge in [0.2, 0.25) is 5.91 Å². The van der Waals surface area contributed by atoms with Crippen LogP contribution >= 0.6 is 0 Å². The summed E-state index contributed by atoms with van der Waals surface area (Å²) in [5.41, 5.74) is 0.574. The van der Waals surface area contributed by atoms with Crippen LogP contribution in [0, 0.1) is 17.7 Å². The van der Waals surface area contributed by atoms with Crippen LogP contribution in [0.1, 0.15) is 31.2 Å². The maximum atomic E-state index is 13.4. The SMILES string of the molecule is O=C(O)[C@@H]1CCC[C@H](C(=O)NCCc2ccccc2F)C1. The Balaban J connectivity index is 1.79. The van der Waals surface area contributed by atoms with Gasteiger partial charge in [0, 0.05) is 12.5 Å². The minimum atomic E-state index is -0.821. The summed E-state index contributed by atoms with van der Waals surface area (Å²) in [6.45, 7) is 0.369. The van der Waals surface area contributed by atoms with Crippen molar-refractivity contribution < 1.29 is 19.1 Å². The molecule has 4 nitrogen and oxygen atoms in total. The van der Waals surface area contributed by atoms with E-state index in [9.17, 15) is 14.0 Å². The molecule has 5 heteroatoms. The first-order chi connectivity index (χ1) is 10.1. The van der Waals surface area contributed by atoms with Gasteiger partial charge in [-0.3, -0.25) is 9.59 Å². The number of carboxylic acids is 1. The first-order valence-electron chi connectivity index (χ1n) is 7.32. The van der Waals surface area contributed by atoms with Crippen LogP contribution in [0.25, 0.3) is 0 Å². The van der Waals surface area contributed by atoms with Crippen molar-refractivity contribution in [1.29, 1.82) is 0 Å². The summed E-state index contributed by atoms with van der Waals surface area (Å²) in [5, 5.41) is 11.8. The molecule has 0 spiro atoms. The third kappa shape index (κ3) is 4.28. The number of carbonyl (C=O) groups excluding carboxylic acids is 1. The van der Waals surface area contributed by atoms with E-state index in [4.69, 9.17) is 5.11 Å². The number of carboxylic acid groups (broad SMARTS) is 1. The molecule has 1 aromatic rings. The molecular weight excluding hydrogens is 273 g/mol. The van der Waals surface area contributed by atoms with E-state index in [0.717, 1.165) is 12.8 Å². The van der Waals surface area contributed by atoms with Crippen molar-refractivity contribution in [3.63, 3.8) is 0 Å². The molecule has 2 atom stereocenters. The largest absolute Gasteiger partial charge is 0.481 e. The van der Waals surface area contributed by atoms with E-state index >= 15 is 0 Å². The van der Waals surface area contributed by atoms with E-state index in [1.165, 1.54) is 6.07 Å². The molecule has 0 heterocycles. The molecule has 1 aliphatic rings. The molecule has 0 saturated heterocycles. The molecule has 1 aliphatic carbocycles. The lowest BCUT2D eigenvalue weighted by Crippen LogP contribution is -2.36. The minimum Gasteiger partial charge on any atom is -0.481 e. The molecule has 0 aliphatic heterocycles. The molecule has 0 aromatic heterocycles. The average Bonchev–Trinajstić information content (AvgIpc) is 2.49. The van der Waals surface area contributed by atoms with E-state index in [1.54, 1.807) is 18.2 Å². The van der Waals surface area contributed by atoms with Crippen molar-refractivity contribution in [1.82, 2.24) is 5.32 Å². The topological polar surface area (TPSA) is 66.4 Å². The van der Waals surface area contributed by atoms with E-state index < -0.39 is 11.9 Å². The molecular formula is C16H20FNO3. The van der Waals surface area contributed by atoms with Crippen LogP contribution in [0.15, 0.2) is 24.3 Å². The third-order valence-corrected chi connectivity index (χ3v) is 4.05. The van der Waals surface area contributed by atoms with Gasteiger partial charge in [-0.1, -0.05) is 24.6 Å². The van der Waals surface area contributed by atoms with Crippen molar-refractivity contribution in [3.8, 4) is 0 Å². The van der Waals surface area contributed by atoms with Gasteiger partial charge in [0.15, 0.2) is 0 Å². The lowest BCUT2D eigenvalue weighted by molar-refractivity contribution is -0.144. The van der Waals surface area contributed by atoms with Gasteiger partial charge in [-0.2, -0.15) is 0 Å². The molecule has 1 amide bonds. The van der Waals surface area contributed by atoms with Gasteiger partial charge in [0.1, 0.15) is 5.82 Å². The Morgan fingerprint density at radius 3 is 2.67 bits per heavy atom. The second kappa shape index (κ2) is 7.20. The van der Waals surface area contributed by atoms with Crippen molar-refractivity contribution in [2.24, 2.45) is 11.8 Å². The van der Waals surface area contributed by atoms with Crippen LogP contribution in [0.3, 0.4) is 0 Å². The number of amides is 1. The normalized spacial score (nSPS) is 21.8.